The minimum atomic E-state index is -0.607. The fourth-order valence-electron chi connectivity index (χ4n) is 2.13. The Kier molecular flexibility index (Phi) is 7.71. The van der Waals surface area contributed by atoms with Gasteiger partial charge in [0.15, 0.2) is 6.61 Å². The third-order valence-electron chi connectivity index (χ3n) is 3.40. The fraction of sp³-hybridized carbons (Fsp3) is 0.200. The highest BCUT2D eigenvalue weighted by Gasteiger charge is 2.07. The average Bonchev–Trinajstić information content (AvgIpc) is 2.65. The van der Waals surface area contributed by atoms with E-state index >= 15 is 0 Å². The van der Waals surface area contributed by atoms with Crippen LogP contribution < -0.4 is 10.1 Å². The Morgan fingerprint density at radius 1 is 1.12 bits per heavy atom. The molecule has 2 aromatic carbocycles. The smallest absolute Gasteiger partial charge is 0.331 e. The molecule has 1 amide bonds. The van der Waals surface area contributed by atoms with E-state index in [4.69, 9.17) is 21.1 Å². The van der Waals surface area contributed by atoms with Gasteiger partial charge in [-0.25, -0.2) is 4.79 Å². The van der Waals surface area contributed by atoms with Crippen LogP contribution in [0.15, 0.2) is 54.6 Å². The molecule has 0 saturated carbocycles. The van der Waals surface area contributed by atoms with Gasteiger partial charge in [-0.3, -0.25) is 4.79 Å². The van der Waals surface area contributed by atoms with Gasteiger partial charge in [-0.15, -0.1) is 0 Å². The van der Waals surface area contributed by atoms with Gasteiger partial charge in [0.05, 0.1) is 6.61 Å². The Labute approximate surface area is 157 Å². The molecule has 0 radical (unpaired) electrons. The minimum Gasteiger partial charge on any atom is -0.493 e. The molecule has 0 fully saturated rings. The van der Waals surface area contributed by atoms with Crippen molar-refractivity contribution in [2.24, 2.45) is 0 Å². The van der Waals surface area contributed by atoms with Gasteiger partial charge in [0.1, 0.15) is 5.75 Å². The van der Waals surface area contributed by atoms with Gasteiger partial charge in [-0.05, 0) is 30.7 Å². The number of nitrogens with one attached hydrogen (secondary N) is 1. The molecule has 0 unspecified atom stereocenters. The van der Waals surface area contributed by atoms with E-state index in [1.807, 2.05) is 49.4 Å². The first-order chi connectivity index (χ1) is 12.6. The molecule has 0 aliphatic rings. The first kappa shape index (κ1) is 19.5. The van der Waals surface area contributed by atoms with Crippen molar-refractivity contribution < 1.29 is 19.1 Å². The summed E-state index contributed by atoms with van der Waals surface area (Å²) in [6, 6.07) is 14.5. The second-order valence-corrected chi connectivity index (χ2v) is 5.69. The number of carbonyl (C=O) groups excluding carboxylic acids is 2. The normalized spacial score (nSPS) is 10.5. The number of hydrogen-bond donors (Lipinski definition) is 1. The molecule has 6 heteroatoms. The first-order valence-electron chi connectivity index (χ1n) is 8.17. The molecule has 0 saturated heterocycles. The van der Waals surface area contributed by atoms with Crippen molar-refractivity contribution in [1.82, 2.24) is 5.32 Å². The zero-order valence-electron chi connectivity index (χ0n) is 14.4. The summed E-state index contributed by atoms with van der Waals surface area (Å²) in [4.78, 5) is 23.5. The molecule has 1 N–H and O–H groups in total. The molecule has 2 aromatic rings. The second kappa shape index (κ2) is 10.3. The Bertz CT molecular complexity index is 789. The van der Waals surface area contributed by atoms with Crippen molar-refractivity contribution in [2.45, 2.75) is 13.5 Å². The van der Waals surface area contributed by atoms with Crippen LogP contribution in [-0.2, 0) is 20.9 Å². The number of amides is 1. The molecule has 0 aromatic heterocycles. The number of halogens is 1. The summed E-state index contributed by atoms with van der Waals surface area (Å²) < 4.78 is 10.4. The van der Waals surface area contributed by atoms with Gasteiger partial charge in [-0.1, -0.05) is 48.0 Å². The molecule has 26 heavy (non-hydrogen) atoms. The quantitative estimate of drug-likeness (QED) is 0.567. The van der Waals surface area contributed by atoms with E-state index in [0.29, 0.717) is 17.4 Å². The SMILES string of the molecule is CCOc1ccccc1C=CC(=O)OCC(=O)NCc1ccccc1Cl. The van der Waals surface area contributed by atoms with Crippen LogP contribution in [0.4, 0.5) is 0 Å². The van der Waals surface area contributed by atoms with E-state index < -0.39 is 11.9 Å². The number of para-hydroxylation sites is 1. The van der Waals surface area contributed by atoms with E-state index in [0.717, 1.165) is 11.1 Å². The molecule has 0 atom stereocenters. The summed E-state index contributed by atoms with van der Waals surface area (Å²) in [5, 5.41) is 3.22. The van der Waals surface area contributed by atoms with Gasteiger partial charge in [-0.2, -0.15) is 0 Å². The Morgan fingerprint density at radius 2 is 1.85 bits per heavy atom. The summed E-state index contributed by atoms with van der Waals surface area (Å²) >= 11 is 6.01. The molecule has 0 aliphatic carbocycles. The molecule has 0 aliphatic heterocycles. The molecule has 5 nitrogen and oxygen atoms in total. The van der Waals surface area contributed by atoms with E-state index in [2.05, 4.69) is 5.32 Å². The van der Waals surface area contributed by atoms with Crippen LogP contribution in [0.25, 0.3) is 6.08 Å². The Hall–Kier alpha value is -2.79. The van der Waals surface area contributed by atoms with E-state index in [1.165, 1.54) is 6.08 Å². The molecule has 0 spiro atoms. The number of benzene rings is 2. The Morgan fingerprint density at radius 3 is 2.62 bits per heavy atom. The van der Waals surface area contributed by atoms with Crippen LogP contribution in [0.5, 0.6) is 5.75 Å². The van der Waals surface area contributed by atoms with E-state index in [1.54, 1.807) is 12.1 Å². The molecular formula is C20H20ClNO4. The summed E-state index contributed by atoms with van der Waals surface area (Å²) in [5.74, 6) is -0.331. The third kappa shape index (κ3) is 6.26. The maximum Gasteiger partial charge on any atom is 0.331 e. The van der Waals surface area contributed by atoms with Crippen molar-refractivity contribution in [2.75, 3.05) is 13.2 Å². The highest BCUT2D eigenvalue weighted by Crippen LogP contribution is 2.19. The number of ether oxygens (including phenoxy) is 2. The third-order valence-corrected chi connectivity index (χ3v) is 3.77. The summed E-state index contributed by atoms with van der Waals surface area (Å²) in [6.07, 6.45) is 2.86. The lowest BCUT2D eigenvalue weighted by Crippen LogP contribution is -2.28. The van der Waals surface area contributed by atoms with Gasteiger partial charge >= 0.3 is 5.97 Å². The highest BCUT2D eigenvalue weighted by atomic mass is 35.5. The average molecular weight is 374 g/mol. The van der Waals surface area contributed by atoms with Crippen LogP contribution in [-0.4, -0.2) is 25.1 Å². The van der Waals surface area contributed by atoms with Crippen molar-refractivity contribution in [3.63, 3.8) is 0 Å². The lowest BCUT2D eigenvalue weighted by atomic mass is 10.2. The number of hydrogen-bond acceptors (Lipinski definition) is 4. The van der Waals surface area contributed by atoms with E-state index in [-0.39, 0.29) is 13.2 Å². The maximum absolute atomic E-state index is 11.8. The van der Waals surface area contributed by atoms with E-state index in [9.17, 15) is 9.59 Å². The molecular weight excluding hydrogens is 354 g/mol. The van der Waals surface area contributed by atoms with Crippen LogP contribution in [0, 0.1) is 0 Å². The predicted molar refractivity (Wildman–Crippen MR) is 101 cm³/mol. The van der Waals surface area contributed by atoms with Crippen molar-refractivity contribution in [1.29, 1.82) is 0 Å². The first-order valence-corrected chi connectivity index (χ1v) is 8.54. The summed E-state index contributed by atoms with van der Waals surface area (Å²) in [7, 11) is 0. The maximum atomic E-state index is 11.8. The number of esters is 1. The lowest BCUT2D eigenvalue weighted by Gasteiger charge is -2.07. The zero-order valence-corrected chi connectivity index (χ0v) is 15.2. The summed E-state index contributed by atoms with van der Waals surface area (Å²) in [6.45, 7) is 2.32. The molecule has 136 valence electrons. The van der Waals surface area contributed by atoms with Crippen molar-refractivity contribution >= 4 is 29.6 Å². The standard InChI is InChI=1S/C20H20ClNO4/c1-2-25-18-10-6-4-7-15(18)11-12-20(24)26-14-19(23)22-13-16-8-3-5-9-17(16)21/h3-12H,2,13-14H2,1H3,(H,22,23). The van der Waals surface area contributed by atoms with Gasteiger partial charge in [0.2, 0.25) is 0 Å². The monoisotopic (exact) mass is 373 g/mol. The van der Waals surface area contributed by atoms with Crippen LogP contribution >= 0.6 is 11.6 Å². The second-order valence-electron chi connectivity index (χ2n) is 5.28. The van der Waals surface area contributed by atoms with Crippen molar-refractivity contribution in [3.05, 3.63) is 70.8 Å². The Balaban J connectivity index is 1.79. The largest absolute Gasteiger partial charge is 0.493 e. The van der Waals surface area contributed by atoms with Gasteiger partial charge < -0.3 is 14.8 Å². The van der Waals surface area contributed by atoms with Crippen LogP contribution in [0.1, 0.15) is 18.1 Å². The topological polar surface area (TPSA) is 64.6 Å². The van der Waals surface area contributed by atoms with Crippen LogP contribution in [0.2, 0.25) is 5.02 Å². The molecule has 0 heterocycles. The highest BCUT2D eigenvalue weighted by molar-refractivity contribution is 6.31. The molecule has 0 bridgehead atoms. The van der Waals surface area contributed by atoms with Gasteiger partial charge in [0, 0.05) is 23.2 Å². The molecule has 2 rings (SSSR count). The van der Waals surface area contributed by atoms with Crippen LogP contribution in [0.3, 0.4) is 0 Å². The fourth-order valence-corrected chi connectivity index (χ4v) is 2.34. The number of rotatable bonds is 8. The number of carbonyl (C=O) groups is 2. The minimum absolute atomic E-state index is 0.271. The van der Waals surface area contributed by atoms with Crippen molar-refractivity contribution in [3.8, 4) is 5.75 Å². The summed E-state index contributed by atoms with van der Waals surface area (Å²) in [5.41, 5.74) is 1.55. The zero-order chi connectivity index (χ0) is 18.8. The predicted octanol–water partition coefficient (Wildman–Crippen LogP) is 3.61. The van der Waals surface area contributed by atoms with Gasteiger partial charge in [0.25, 0.3) is 5.91 Å². The lowest BCUT2D eigenvalue weighted by molar-refractivity contribution is -0.143.